The van der Waals surface area contributed by atoms with Crippen LogP contribution < -0.4 is 14.8 Å². The molecule has 9 nitrogen and oxygen atoms in total. The van der Waals surface area contributed by atoms with Crippen molar-refractivity contribution in [3.05, 3.63) is 30.7 Å². The lowest BCUT2D eigenvalue weighted by Crippen LogP contribution is -2.43. The molecule has 158 valence electrons. The minimum absolute atomic E-state index is 0.00914. The summed E-state index contributed by atoms with van der Waals surface area (Å²) in [6.45, 7) is 3.02. The predicted molar refractivity (Wildman–Crippen MR) is 108 cm³/mol. The van der Waals surface area contributed by atoms with E-state index in [1.165, 1.54) is 31.0 Å². The minimum Gasteiger partial charge on any atom is -0.497 e. The number of benzene rings is 1. The predicted octanol–water partition coefficient (Wildman–Crippen LogP) is 1.96. The van der Waals surface area contributed by atoms with Crippen LogP contribution >= 0.6 is 0 Å². The molecule has 0 bridgehead atoms. The highest BCUT2D eigenvalue weighted by Crippen LogP contribution is 2.30. The van der Waals surface area contributed by atoms with Crippen molar-refractivity contribution < 1.29 is 22.7 Å². The lowest BCUT2D eigenvalue weighted by molar-refractivity contribution is -0.120. The summed E-state index contributed by atoms with van der Waals surface area (Å²) in [5.74, 6) is 0.364. The number of hydrogen-bond acceptors (Lipinski definition) is 6. The van der Waals surface area contributed by atoms with E-state index in [2.05, 4.69) is 10.3 Å². The molecule has 1 aliphatic rings. The van der Waals surface area contributed by atoms with Gasteiger partial charge in [0.1, 0.15) is 11.5 Å². The van der Waals surface area contributed by atoms with Gasteiger partial charge in [-0.2, -0.15) is 4.31 Å². The van der Waals surface area contributed by atoms with Gasteiger partial charge in [0.05, 0.1) is 32.2 Å². The van der Waals surface area contributed by atoms with Crippen molar-refractivity contribution in [3.63, 3.8) is 0 Å². The smallest absolute Gasteiger partial charge is 0.262 e. The van der Waals surface area contributed by atoms with E-state index in [1.54, 1.807) is 22.8 Å². The van der Waals surface area contributed by atoms with Crippen molar-refractivity contribution in [2.24, 2.45) is 5.92 Å². The van der Waals surface area contributed by atoms with E-state index in [-0.39, 0.29) is 17.5 Å². The maximum atomic E-state index is 12.9. The van der Waals surface area contributed by atoms with Crippen LogP contribution in [0.1, 0.15) is 19.8 Å². The first kappa shape index (κ1) is 21.1. The van der Waals surface area contributed by atoms with Crippen molar-refractivity contribution in [2.45, 2.75) is 31.3 Å². The summed E-state index contributed by atoms with van der Waals surface area (Å²) in [5.41, 5.74) is 0.485. The van der Waals surface area contributed by atoms with Gasteiger partial charge in [0.2, 0.25) is 5.91 Å². The first-order valence-electron chi connectivity index (χ1n) is 9.43. The Labute approximate surface area is 170 Å². The van der Waals surface area contributed by atoms with Crippen LogP contribution in [0.3, 0.4) is 0 Å². The quantitative estimate of drug-likeness (QED) is 0.732. The minimum atomic E-state index is -3.74. The van der Waals surface area contributed by atoms with Crippen LogP contribution in [0.2, 0.25) is 0 Å². The molecule has 0 unspecified atom stereocenters. The summed E-state index contributed by atoms with van der Waals surface area (Å²) in [6.07, 6.45) is 4.21. The fourth-order valence-electron chi connectivity index (χ4n) is 3.30. The van der Waals surface area contributed by atoms with Crippen LogP contribution in [0.25, 0.3) is 0 Å². The van der Waals surface area contributed by atoms with Crippen molar-refractivity contribution in [1.82, 2.24) is 13.9 Å². The maximum absolute atomic E-state index is 12.9. The van der Waals surface area contributed by atoms with Gasteiger partial charge in [-0.25, -0.2) is 13.4 Å². The summed E-state index contributed by atoms with van der Waals surface area (Å²) in [5, 5.41) is 2.85. The highest BCUT2D eigenvalue weighted by Gasteiger charge is 2.34. The number of aromatic nitrogens is 2. The van der Waals surface area contributed by atoms with E-state index >= 15 is 0 Å². The Balaban J connectivity index is 1.74. The number of piperidine rings is 1. The van der Waals surface area contributed by atoms with Crippen molar-refractivity contribution in [1.29, 1.82) is 0 Å². The van der Waals surface area contributed by atoms with Crippen molar-refractivity contribution in [2.75, 3.05) is 32.6 Å². The first-order chi connectivity index (χ1) is 13.9. The molecule has 1 aromatic carbocycles. The Morgan fingerprint density at radius 3 is 2.76 bits per heavy atom. The van der Waals surface area contributed by atoms with Crippen LogP contribution in [-0.4, -0.2) is 55.5 Å². The van der Waals surface area contributed by atoms with Gasteiger partial charge < -0.3 is 19.4 Å². The zero-order valence-electron chi connectivity index (χ0n) is 16.8. The molecule has 0 radical (unpaired) electrons. The molecule has 3 rings (SSSR count). The second kappa shape index (κ2) is 8.83. The van der Waals surface area contributed by atoms with Gasteiger partial charge in [0.15, 0.2) is 5.03 Å². The van der Waals surface area contributed by atoms with E-state index < -0.39 is 15.9 Å². The molecular weight excluding hydrogens is 396 g/mol. The molecule has 1 saturated heterocycles. The number of imidazole rings is 1. The van der Waals surface area contributed by atoms with E-state index in [4.69, 9.17) is 9.47 Å². The zero-order chi connectivity index (χ0) is 21.0. The number of amides is 1. The molecule has 1 aromatic heterocycles. The number of nitrogens with one attached hydrogen (secondary N) is 1. The Hall–Kier alpha value is -2.59. The molecule has 1 aliphatic heterocycles. The Morgan fingerprint density at radius 1 is 1.31 bits per heavy atom. The number of nitrogens with zero attached hydrogens (tertiary/aromatic N) is 3. The largest absolute Gasteiger partial charge is 0.497 e. The van der Waals surface area contributed by atoms with E-state index in [9.17, 15) is 13.2 Å². The molecule has 0 spiro atoms. The number of hydrogen-bond donors (Lipinski definition) is 1. The number of aryl methyl sites for hydroxylation is 1. The molecule has 2 heterocycles. The zero-order valence-corrected chi connectivity index (χ0v) is 17.6. The van der Waals surface area contributed by atoms with Gasteiger partial charge >= 0.3 is 0 Å². The summed E-state index contributed by atoms with van der Waals surface area (Å²) in [6, 6.07) is 5.11. The Bertz CT molecular complexity index is 973. The van der Waals surface area contributed by atoms with Gasteiger partial charge in [0, 0.05) is 31.9 Å². The molecule has 29 heavy (non-hydrogen) atoms. The maximum Gasteiger partial charge on any atom is 0.262 e. The second-order valence-electron chi connectivity index (χ2n) is 6.80. The normalized spacial score (nSPS) is 17.7. The van der Waals surface area contributed by atoms with Gasteiger partial charge in [-0.05, 0) is 31.9 Å². The van der Waals surface area contributed by atoms with Gasteiger partial charge in [-0.15, -0.1) is 0 Å². The number of rotatable bonds is 7. The summed E-state index contributed by atoms with van der Waals surface area (Å²) in [7, 11) is -0.683. The van der Waals surface area contributed by atoms with Crippen LogP contribution in [0.15, 0.2) is 35.7 Å². The van der Waals surface area contributed by atoms with Gasteiger partial charge in [-0.3, -0.25) is 4.79 Å². The summed E-state index contributed by atoms with van der Waals surface area (Å²) < 4.78 is 39.4. The molecule has 1 amide bonds. The third-order valence-corrected chi connectivity index (χ3v) is 6.75. The number of methoxy groups -OCH3 is 2. The third kappa shape index (κ3) is 4.54. The number of carbonyl (C=O) groups excluding carboxylic acids is 1. The Kier molecular flexibility index (Phi) is 6.43. The topological polar surface area (TPSA) is 103 Å². The molecule has 1 N–H and O–H groups in total. The average Bonchev–Trinajstić information content (AvgIpc) is 3.24. The highest BCUT2D eigenvalue weighted by atomic mass is 32.2. The molecular formula is C19H26N4O5S. The van der Waals surface area contributed by atoms with E-state index in [1.807, 2.05) is 6.92 Å². The molecule has 10 heteroatoms. The Morgan fingerprint density at radius 2 is 2.10 bits per heavy atom. The van der Waals surface area contributed by atoms with Crippen LogP contribution in [0.5, 0.6) is 11.5 Å². The second-order valence-corrected chi connectivity index (χ2v) is 8.68. The highest BCUT2D eigenvalue weighted by molar-refractivity contribution is 7.89. The number of sulfonamides is 1. The fraction of sp³-hybridized carbons (Fsp3) is 0.474. The lowest BCUT2D eigenvalue weighted by Gasteiger charge is -2.30. The monoisotopic (exact) mass is 422 g/mol. The number of ether oxygens (including phenoxy) is 2. The summed E-state index contributed by atoms with van der Waals surface area (Å²) in [4.78, 5) is 16.9. The standard InChI is InChI=1S/C19H26N4O5S/c1-4-22-12-18(20-13-22)29(25,26)23-9-5-6-14(11-23)19(24)21-16-10-15(27-2)7-8-17(16)28-3/h7-8,10,12-14H,4-6,9,11H2,1-3H3,(H,21,24)/t14-/m0/s1. The van der Waals surface area contributed by atoms with E-state index in [0.717, 1.165) is 0 Å². The van der Waals surface area contributed by atoms with Crippen LogP contribution in [0, 0.1) is 5.92 Å². The van der Waals surface area contributed by atoms with Crippen molar-refractivity contribution >= 4 is 21.6 Å². The SMILES string of the molecule is CCn1cnc(S(=O)(=O)N2CCC[C@H](C(=O)Nc3cc(OC)ccc3OC)C2)c1. The molecule has 2 aromatic rings. The fourth-order valence-corrected chi connectivity index (χ4v) is 4.76. The van der Waals surface area contributed by atoms with E-state index in [0.29, 0.717) is 43.1 Å². The van der Waals surface area contributed by atoms with Crippen LogP contribution in [0.4, 0.5) is 5.69 Å². The summed E-state index contributed by atoms with van der Waals surface area (Å²) >= 11 is 0. The molecule has 1 fully saturated rings. The van der Waals surface area contributed by atoms with Gasteiger partial charge in [-0.1, -0.05) is 0 Å². The third-order valence-electron chi connectivity index (χ3n) is 5.00. The first-order valence-corrected chi connectivity index (χ1v) is 10.9. The van der Waals surface area contributed by atoms with Crippen molar-refractivity contribution in [3.8, 4) is 11.5 Å². The lowest BCUT2D eigenvalue weighted by atomic mass is 9.98. The molecule has 0 aliphatic carbocycles. The van der Waals surface area contributed by atoms with Gasteiger partial charge in [0.25, 0.3) is 10.0 Å². The molecule has 0 saturated carbocycles. The number of anilines is 1. The van der Waals surface area contributed by atoms with Crippen LogP contribution in [-0.2, 0) is 21.4 Å². The number of carbonyl (C=O) groups is 1. The molecule has 1 atom stereocenters. The average molecular weight is 423 g/mol.